The number of hydrogen-bond acceptors (Lipinski definition) is 7. The van der Waals surface area contributed by atoms with Crippen molar-refractivity contribution >= 4 is 17.5 Å². The molecule has 150 valence electrons. The van der Waals surface area contributed by atoms with Crippen LogP contribution in [0.15, 0.2) is 24.4 Å². The molecule has 0 atom stereocenters. The molecule has 4 N–H and O–H groups in total. The summed E-state index contributed by atoms with van der Waals surface area (Å²) < 4.78 is 27.0. The zero-order valence-corrected chi connectivity index (χ0v) is 15.2. The average Bonchev–Trinajstić information content (AvgIpc) is 2.68. The van der Waals surface area contributed by atoms with Crippen molar-refractivity contribution in [2.24, 2.45) is 11.7 Å². The number of nitro groups is 1. The Morgan fingerprint density at radius 3 is 2.68 bits per heavy atom. The van der Waals surface area contributed by atoms with Crippen molar-refractivity contribution in [1.82, 2.24) is 9.97 Å². The number of nitrogens with two attached hydrogens (primary N) is 1. The Hall–Kier alpha value is -2.88. The molecule has 0 spiro atoms. The molecule has 1 aromatic carbocycles. The maximum Gasteiger partial charge on any atom is 0.329 e. The third-order valence-electron chi connectivity index (χ3n) is 4.88. The molecular weight excluding hydrogens is 370 g/mol. The average molecular weight is 392 g/mol. The molecule has 8 nitrogen and oxygen atoms in total. The lowest BCUT2D eigenvalue weighted by molar-refractivity contribution is -0.384. The highest BCUT2D eigenvalue weighted by Crippen LogP contribution is 2.26. The van der Waals surface area contributed by atoms with E-state index in [2.05, 4.69) is 20.6 Å². The maximum atomic E-state index is 13.7. The predicted molar refractivity (Wildman–Crippen MR) is 101 cm³/mol. The van der Waals surface area contributed by atoms with E-state index in [9.17, 15) is 18.9 Å². The van der Waals surface area contributed by atoms with Crippen molar-refractivity contribution in [3.8, 4) is 0 Å². The van der Waals surface area contributed by atoms with Crippen LogP contribution in [-0.2, 0) is 6.54 Å². The summed E-state index contributed by atoms with van der Waals surface area (Å²) in [7, 11) is 0. The van der Waals surface area contributed by atoms with E-state index in [1.54, 1.807) is 0 Å². The highest BCUT2D eigenvalue weighted by atomic mass is 19.2. The maximum absolute atomic E-state index is 13.7. The first kappa shape index (κ1) is 19.9. The first-order chi connectivity index (χ1) is 13.4. The molecule has 1 aliphatic rings. The number of nitrogens with zero attached hydrogens (tertiary/aromatic N) is 3. The minimum Gasteiger partial charge on any atom is -0.364 e. The summed E-state index contributed by atoms with van der Waals surface area (Å²) in [5, 5.41) is 17.0. The van der Waals surface area contributed by atoms with E-state index >= 15 is 0 Å². The number of halogens is 2. The van der Waals surface area contributed by atoms with E-state index in [-0.39, 0.29) is 35.6 Å². The fourth-order valence-electron chi connectivity index (χ4n) is 3.22. The van der Waals surface area contributed by atoms with Gasteiger partial charge in [0.25, 0.3) is 0 Å². The van der Waals surface area contributed by atoms with Gasteiger partial charge in [0.05, 0.1) is 4.92 Å². The second kappa shape index (κ2) is 8.87. The summed E-state index contributed by atoms with van der Waals surface area (Å²) in [6, 6.07) is 4.09. The lowest BCUT2D eigenvalue weighted by Crippen LogP contribution is -2.29. The van der Waals surface area contributed by atoms with Gasteiger partial charge in [-0.2, -0.15) is 4.98 Å². The molecule has 0 aliphatic heterocycles. The van der Waals surface area contributed by atoms with Gasteiger partial charge in [-0.25, -0.2) is 13.8 Å². The molecule has 0 unspecified atom stereocenters. The molecule has 3 rings (SSSR count). The van der Waals surface area contributed by atoms with Crippen LogP contribution in [-0.4, -0.2) is 27.5 Å². The molecule has 0 amide bonds. The molecule has 0 radical (unpaired) electrons. The standard InChI is InChI=1S/C18H22F2N6O2/c19-14-3-1-2-12(16(14)20)9-23-18-24-10-15(26(27)28)17(25-18)22-8-11-4-6-13(21)7-5-11/h1-3,10-11,13H,4-9,21H2,(H2,22,23,24,25)/t11-,13-. The van der Waals surface area contributed by atoms with Gasteiger partial charge in [0.1, 0.15) is 6.20 Å². The van der Waals surface area contributed by atoms with E-state index in [1.165, 1.54) is 12.1 Å². The molecule has 1 fully saturated rings. The van der Waals surface area contributed by atoms with E-state index in [1.807, 2.05) is 0 Å². The first-order valence-electron chi connectivity index (χ1n) is 9.11. The molecule has 2 aromatic rings. The number of rotatable bonds is 7. The Balaban J connectivity index is 1.68. The largest absolute Gasteiger partial charge is 0.364 e. The molecule has 10 heteroatoms. The van der Waals surface area contributed by atoms with E-state index in [0.29, 0.717) is 12.5 Å². The van der Waals surface area contributed by atoms with Gasteiger partial charge in [-0.05, 0) is 37.7 Å². The van der Waals surface area contributed by atoms with Crippen LogP contribution < -0.4 is 16.4 Å². The van der Waals surface area contributed by atoms with Gasteiger partial charge in [-0.15, -0.1) is 0 Å². The van der Waals surface area contributed by atoms with Gasteiger partial charge < -0.3 is 16.4 Å². The number of anilines is 2. The van der Waals surface area contributed by atoms with Crippen molar-refractivity contribution < 1.29 is 13.7 Å². The Bertz CT molecular complexity index is 843. The number of benzene rings is 1. The number of hydrogen-bond donors (Lipinski definition) is 3. The van der Waals surface area contributed by atoms with E-state index in [4.69, 9.17) is 5.73 Å². The summed E-state index contributed by atoms with van der Waals surface area (Å²) in [5.74, 6) is -1.35. The minimum atomic E-state index is -0.953. The van der Waals surface area contributed by atoms with Crippen molar-refractivity contribution in [3.63, 3.8) is 0 Å². The van der Waals surface area contributed by atoms with Crippen LogP contribution in [0.2, 0.25) is 0 Å². The Labute approximate surface area is 160 Å². The summed E-state index contributed by atoms with van der Waals surface area (Å²) in [5.41, 5.74) is 5.77. The third kappa shape index (κ3) is 4.89. The molecular formula is C18H22F2N6O2. The molecule has 1 aromatic heterocycles. The Morgan fingerprint density at radius 1 is 1.21 bits per heavy atom. The monoisotopic (exact) mass is 392 g/mol. The molecule has 0 bridgehead atoms. The summed E-state index contributed by atoms with van der Waals surface area (Å²) >= 11 is 0. The van der Waals surface area contributed by atoms with E-state index < -0.39 is 16.6 Å². The zero-order chi connectivity index (χ0) is 20.1. The highest BCUT2D eigenvalue weighted by Gasteiger charge is 2.22. The number of aromatic nitrogens is 2. The lowest BCUT2D eigenvalue weighted by atomic mass is 9.86. The van der Waals surface area contributed by atoms with Crippen molar-refractivity contribution in [1.29, 1.82) is 0 Å². The molecule has 1 aliphatic carbocycles. The minimum absolute atomic E-state index is 0.0542. The normalized spacial score (nSPS) is 19.2. The molecule has 0 saturated heterocycles. The van der Waals surface area contributed by atoms with Crippen LogP contribution in [0.3, 0.4) is 0 Å². The summed E-state index contributed by atoms with van der Waals surface area (Å²) in [4.78, 5) is 18.7. The van der Waals surface area contributed by atoms with Gasteiger partial charge in [-0.3, -0.25) is 10.1 Å². The van der Waals surface area contributed by atoms with Crippen LogP contribution >= 0.6 is 0 Å². The predicted octanol–water partition coefficient (Wildman–Crippen LogP) is 3.20. The van der Waals surface area contributed by atoms with Crippen LogP contribution in [0.25, 0.3) is 0 Å². The summed E-state index contributed by atoms with van der Waals surface area (Å²) in [6.07, 6.45) is 4.87. The lowest BCUT2D eigenvalue weighted by Gasteiger charge is -2.26. The van der Waals surface area contributed by atoms with Gasteiger partial charge in [-0.1, -0.05) is 12.1 Å². The molecule has 1 heterocycles. The SMILES string of the molecule is N[C@H]1CC[C@H](CNc2nc(NCc3cccc(F)c3F)ncc2[N+](=O)[O-])CC1. The Morgan fingerprint density at radius 2 is 1.96 bits per heavy atom. The van der Waals surface area contributed by atoms with Crippen LogP contribution in [0, 0.1) is 27.7 Å². The number of nitrogens with one attached hydrogen (secondary N) is 2. The highest BCUT2D eigenvalue weighted by molar-refractivity contribution is 5.57. The van der Waals surface area contributed by atoms with Gasteiger partial charge in [0, 0.05) is 24.7 Å². The molecule has 28 heavy (non-hydrogen) atoms. The fourth-order valence-corrected chi connectivity index (χ4v) is 3.22. The third-order valence-corrected chi connectivity index (χ3v) is 4.88. The van der Waals surface area contributed by atoms with Crippen LogP contribution in [0.4, 0.5) is 26.2 Å². The van der Waals surface area contributed by atoms with Crippen molar-refractivity contribution in [3.05, 3.63) is 51.7 Å². The second-order valence-corrected chi connectivity index (χ2v) is 6.91. The van der Waals surface area contributed by atoms with Crippen LogP contribution in [0.1, 0.15) is 31.2 Å². The van der Waals surface area contributed by atoms with E-state index in [0.717, 1.165) is 37.9 Å². The molecule has 1 saturated carbocycles. The van der Waals surface area contributed by atoms with Gasteiger partial charge in [0.2, 0.25) is 11.8 Å². The van der Waals surface area contributed by atoms with Crippen LogP contribution in [0.5, 0.6) is 0 Å². The van der Waals surface area contributed by atoms with Gasteiger partial charge >= 0.3 is 5.69 Å². The van der Waals surface area contributed by atoms with Crippen molar-refractivity contribution in [2.45, 2.75) is 38.3 Å². The topological polar surface area (TPSA) is 119 Å². The van der Waals surface area contributed by atoms with Gasteiger partial charge in [0.15, 0.2) is 11.6 Å². The first-order valence-corrected chi connectivity index (χ1v) is 9.11. The van der Waals surface area contributed by atoms with Crippen molar-refractivity contribution in [2.75, 3.05) is 17.2 Å². The smallest absolute Gasteiger partial charge is 0.329 e. The Kier molecular flexibility index (Phi) is 6.30. The zero-order valence-electron chi connectivity index (χ0n) is 15.2. The fraction of sp³-hybridized carbons (Fsp3) is 0.444. The quantitative estimate of drug-likeness (QED) is 0.489. The second-order valence-electron chi connectivity index (χ2n) is 6.91. The summed E-state index contributed by atoms with van der Waals surface area (Å²) in [6.45, 7) is 0.490.